The Morgan fingerprint density at radius 2 is 1.70 bits per heavy atom. The SMILES string of the molecule is Cc1ccc(S(=O)(=O)n2ccc3c(N(C)[C@H]4CC[C@H](COS(C)(=O)=O)CC4)ncnc32)cc1. The van der Waals surface area contributed by atoms with Crippen molar-refractivity contribution < 1.29 is 21.0 Å². The Labute approximate surface area is 194 Å². The Kier molecular flexibility index (Phi) is 6.47. The lowest BCUT2D eigenvalue weighted by molar-refractivity contribution is 0.205. The second kappa shape index (κ2) is 9.03. The van der Waals surface area contributed by atoms with Crippen molar-refractivity contribution >= 4 is 37.0 Å². The molecule has 2 aromatic heterocycles. The third-order valence-electron chi connectivity index (χ3n) is 6.22. The number of aryl methyl sites for hydroxylation is 1. The summed E-state index contributed by atoms with van der Waals surface area (Å²) in [5, 5.41) is 0.665. The van der Waals surface area contributed by atoms with Crippen LogP contribution >= 0.6 is 0 Å². The van der Waals surface area contributed by atoms with Crippen LogP contribution in [-0.4, -0.2) is 56.7 Å². The normalized spacial score (nSPS) is 19.6. The quantitative estimate of drug-likeness (QED) is 0.463. The van der Waals surface area contributed by atoms with Gasteiger partial charge in [0.25, 0.3) is 20.1 Å². The van der Waals surface area contributed by atoms with E-state index in [1.165, 1.54) is 16.5 Å². The molecule has 1 aliphatic rings. The number of hydrogen-bond donors (Lipinski definition) is 0. The van der Waals surface area contributed by atoms with Crippen molar-refractivity contribution in [3.05, 3.63) is 48.4 Å². The van der Waals surface area contributed by atoms with Gasteiger partial charge in [-0.1, -0.05) is 17.7 Å². The number of nitrogens with zero attached hydrogens (tertiary/aromatic N) is 4. The van der Waals surface area contributed by atoms with Crippen molar-refractivity contribution in [2.75, 3.05) is 24.8 Å². The third-order valence-corrected chi connectivity index (χ3v) is 8.47. The number of fused-ring (bicyclic) bond motifs is 1. The maximum Gasteiger partial charge on any atom is 0.269 e. The molecule has 0 saturated heterocycles. The molecule has 1 fully saturated rings. The number of aromatic nitrogens is 3. The van der Waals surface area contributed by atoms with Gasteiger partial charge in [0.05, 0.1) is 23.1 Å². The molecule has 9 nitrogen and oxygen atoms in total. The van der Waals surface area contributed by atoms with E-state index in [4.69, 9.17) is 4.18 Å². The monoisotopic (exact) mass is 492 g/mol. The predicted octanol–water partition coefficient (Wildman–Crippen LogP) is 2.95. The Hall–Kier alpha value is -2.50. The molecule has 3 aromatic rings. The summed E-state index contributed by atoms with van der Waals surface area (Å²) in [6.45, 7) is 2.12. The predicted molar refractivity (Wildman–Crippen MR) is 126 cm³/mol. The van der Waals surface area contributed by atoms with E-state index in [1.54, 1.807) is 30.3 Å². The van der Waals surface area contributed by atoms with Crippen molar-refractivity contribution in [3.63, 3.8) is 0 Å². The fourth-order valence-corrected chi connectivity index (χ4v) is 6.05. The summed E-state index contributed by atoms with van der Waals surface area (Å²) in [5.41, 5.74) is 1.32. The molecule has 0 amide bonds. The minimum atomic E-state index is -3.79. The molecule has 1 saturated carbocycles. The van der Waals surface area contributed by atoms with Crippen molar-refractivity contribution in [2.24, 2.45) is 5.92 Å². The molecule has 2 heterocycles. The molecule has 0 atom stereocenters. The Bertz CT molecular complexity index is 1340. The van der Waals surface area contributed by atoms with Crippen LogP contribution in [-0.2, 0) is 24.3 Å². The van der Waals surface area contributed by atoms with Crippen LogP contribution in [0.25, 0.3) is 11.0 Å². The lowest BCUT2D eigenvalue weighted by Gasteiger charge is -2.35. The van der Waals surface area contributed by atoms with Gasteiger partial charge in [0.1, 0.15) is 12.1 Å². The summed E-state index contributed by atoms with van der Waals surface area (Å²) in [4.78, 5) is 11.0. The van der Waals surface area contributed by atoms with Gasteiger partial charge < -0.3 is 4.90 Å². The third kappa shape index (κ3) is 5.04. The molecular weight excluding hydrogens is 464 g/mol. The molecule has 33 heavy (non-hydrogen) atoms. The van der Waals surface area contributed by atoms with Gasteiger partial charge in [-0.15, -0.1) is 0 Å². The van der Waals surface area contributed by atoms with Gasteiger partial charge >= 0.3 is 0 Å². The lowest BCUT2D eigenvalue weighted by Crippen LogP contribution is -2.36. The highest BCUT2D eigenvalue weighted by atomic mass is 32.2. The van der Waals surface area contributed by atoms with Gasteiger partial charge in [0, 0.05) is 19.3 Å². The van der Waals surface area contributed by atoms with E-state index in [2.05, 4.69) is 14.9 Å². The van der Waals surface area contributed by atoms with Crippen LogP contribution in [0.4, 0.5) is 5.82 Å². The molecule has 11 heteroatoms. The van der Waals surface area contributed by atoms with Gasteiger partial charge in [-0.2, -0.15) is 8.42 Å². The number of hydrogen-bond acceptors (Lipinski definition) is 8. The molecule has 0 N–H and O–H groups in total. The zero-order valence-corrected chi connectivity index (χ0v) is 20.5. The molecule has 0 spiro atoms. The molecular formula is C22H28N4O5S2. The van der Waals surface area contributed by atoms with Gasteiger partial charge in [0.2, 0.25) is 0 Å². The highest BCUT2D eigenvalue weighted by molar-refractivity contribution is 7.90. The van der Waals surface area contributed by atoms with E-state index in [-0.39, 0.29) is 23.5 Å². The molecule has 1 aliphatic carbocycles. The molecule has 1 aromatic carbocycles. The van der Waals surface area contributed by atoms with Crippen LogP contribution in [0, 0.1) is 12.8 Å². The van der Waals surface area contributed by atoms with Crippen LogP contribution in [0.5, 0.6) is 0 Å². The Balaban J connectivity index is 1.55. The summed E-state index contributed by atoms with van der Waals surface area (Å²) in [6.07, 6.45) is 7.40. The zero-order valence-electron chi connectivity index (χ0n) is 18.9. The zero-order chi connectivity index (χ0) is 23.8. The maximum atomic E-state index is 13.2. The minimum Gasteiger partial charge on any atom is -0.356 e. The van der Waals surface area contributed by atoms with Crippen LogP contribution in [0.1, 0.15) is 31.2 Å². The minimum absolute atomic E-state index is 0.203. The van der Waals surface area contributed by atoms with Gasteiger partial charge in [0.15, 0.2) is 5.65 Å². The molecule has 0 bridgehead atoms. The van der Waals surface area contributed by atoms with Crippen molar-refractivity contribution in [1.29, 1.82) is 0 Å². The second-order valence-electron chi connectivity index (χ2n) is 8.64. The number of anilines is 1. The Morgan fingerprint density at radius 1 is 1.03 bits per heavy atom. The molecule has 0 aliphatic heterocycles. The first-order valence-corrected chi connectivity index (χ1v) is 14.0. The highest BCUT2D eigenvalue weighted by Crippen LogP contribution is 2.33. The molecule has 0 radical (unpaired) electrons. The largest absolute Gasteiger partial charge is 0.356 e. The van der Waals surface area contributed by atoms with Crippen LogP contribution in [0.3, 0.4) is 0 Å². The van der Waals surface area contributed by atoms with Crippen molar-refractivity contribution in [3.8, 4) is 0 Å². The summed E-state index contributed by atoms with van der Waals surface area (Å²) in [7, 11) is -5.27. The van der Waals surface area contributed by atoms with Crippen LogP contribution in [0.15, 0.2) is 47.8 Å². The van der Waals surface area contributed by atoms with E-state index in [9.17, 15) is 16.8 Å². The van der Waals surface area contributed by atoms with Crippen molar-refractivity contribution in [1.82, 2.24) is 13.9 Å². The van der Waals surface area contributed by atoms with E-state index >= 15 is 0 Å². The number of rotatable bonds is 7. The van der Waals surface area contributed by atoms with E-state index in [1.807, 2.05) is 14.0 Å². The van der Waals surface area contributed by atoms with Crippen LogP contribution < -0.4 is 4.90 Å². The van der Waals surface area contributed by atoms with Gasteiger partial charge in [-0.25, -0.2) is 22.4 Å². The standard InChI is InChI=1S/C22H28N4O5S2/c1-16-4-10-19(11-5-16)33(29,30)26-13-12-20-21(23-15-24-22(20)26)25(2)18-8-6-17(7-9-18)14-31-32(3,27)28/h4-5,10-13,15,17-18H,6-9,14H2,1-3H3/t17-,18-. The summed E-state index contributed by atoms with van der Waals surface area (Å²) >= 11 is 0. The fraction of sp³-hybridized carbons (Fsp3) is 0.455. The smallest absolute Gasteiger partial charge is 0.269 e. The second-order valence-corrected chi connectivity index (χ2v) is 12.1. The van der Waals surface area contributed by atoms with Gasteiger partial charge in [-0.3, -0.25) is 4.18 Å². The van der Waals surface area contributed by atoms with Gasteiger partial charge in [-0.05, 0) is 56.7 Å². The van der Waals surface area contributed by atoms with E-state index < -0.39 is 20.1 Å². The summed E-state index contributed by atoms with van der Waals surface area (Å²) in [5.74, 6) is 0.879. The fourth-order valence-electron chi connectivity index (χ4n) is 4.31. The Morgan fingerprint density at radius 3 is 2.33 bits per heavy atom. The average molecular weight is 493 g/mol. The van der Waals surface area contributed by atoms with E-state index in [0.29, 0.717) is 16.9 Å². The first kappa shape index (κ1) is 23.7. The first-order valence-electron chi connectivity index (χ1n) is 10.8. The van der Waals surface area contributed by atoms with E-state index in [0.717, 1.165) is 37.5 Å². The highest BCUT2D eigenvalue weighted by Gasteiger charge is 2.28. The average Bonchev–Trinajstić information content (AvgIpc) is 3.22. The first-order chi connectivity index (χ1) is 15.6. The lowest BCUT2D eigenvalue weighted by atomic mass is 9.86. The summed E-state index contributed by atoms with van der Waals surface area (Å²) < 4.78 is 55.1. The van der Waals surface area contributed by atoms with Crippen molar-refractivity contribution in [2.45, 2.75) is 43.5 Å². The number of benzene rings is 1. The summed E-state index contributed by atoms with van der Waals surface area (Å²) in [6, 6.07) is 8.66. The van der Waals surface area contributed by atoms with Crippen LogP contribution in [0.2, 0.25) is 0 Å². The maximum absolute atomic E-state index is 13.2. The topological polar surface area (TPSA) is 111 Å². The molecule has 4 rings (SSSR count). The molecule has 0 unspecified atom stereocenters. The molecule has 178 valence electrons.